The van der Waals surface area contributed by atoms with Gasteiger partial charge in [-0.25, -0.2) is 0 Å². The van der Waals surface area contributed by atoms with Crippen LogP contribution in [0.3, 0.4) is 0 Å². The average molecular weight is 343 g/mol. The van der Waals surface area contributed by atoms with Crippen molar-refractivity contribution >= 4 is 5.91 Å². The molecule has 0 saturated heterocycles. The largest absolute Gasteiger partial charge is 0.482 e. The van der Waals surface area contributed by atoms with Gasteiger partial charge in [0.15, 0.2) is 11.5 Å². The number of alkyl halides is 3. The molecule has 0 spiro atoms. The Balaban J connectivity index is 1.56. The molecule has 0 unspecified atom stereocenters. The molecule has 1 heterocycles. The third kappa shape index (κ3) is 3.60. The van der Waals surface area contributed by atoms with Crippen molar-refractivity contribution in [3.8, 4) is 11.5 Å². The van der Waals surface area contributed by atoms with Crippen molar-refractivity contribution < 1.29 is 27.4 Å². The monoisotopic (exact) mass is 343 g/mol. The zero-order valence-electron chi connectivity index (χ0n) is 13.3. The highest BCUT2D eigenvalue weighted by Crippen LogP contribution is 2.38. The van der Waals surface area contributed by atoms with Crippen LogP contribution >= 0.6 is 0 Å². The van der Waals surface area contributed by atoms with E-state index in [0.29, 0.717) is 24.3 Å². The fourth-order valence-corrected chi connectivity index (χ4v) is 3.25. The van der Waals surface area contributed by atoms with Gasteiger partial charge in [0, 0.05) is 6.04 Å². The highest BCUT2D eigenvalue weighted by atomic mass is 19.4. The Labute approximate surface area is 138 Å². The molecule has 1 aromatic carbocycles. The van der Waals surface area contributed by atoms with Gasteiger partial charge in [-0.3, -0.25) is 4.79 Å². The minimum atomic E-state index is -4.15. The Bertz CT molecular complexity index is 597. The minimum Gasteiger partial charge on any atom is -0.482 e. The topological polar surface area (TPSA) is 47.6 Å². The number of carbonyl (C=O) groups excluding carboxylic acids is 1. The van der Waals surface area contributed by atoms with Gasteiger partial charge in [0.1, 0.15) is 6.10 Å². The Kier molecular flexibility index (Phi) is 4.60. The van der Waals surface area contributed by atoms with Crippen LogP contribution in [0.1, 0.15) is 32.6 Å². The molecule has 1 aliphatic carbocycles. The zero-order valence-corrected chi connectivity index (χ0v) is 13.3. The Morgan fingerprint density at radius 1 is 1.08 bits per heavy atom. The number of halogens is 3. The first-order valence-corrected chi connectivity index (χ1v) is 8.14. The fraction of sp³-hybridized carbons (Fsp3) is 0.588. The number of hydrogen-bond donors (Lipinski definition) is 1. The standard InChI is InChI=1S/C17H20F3NO3/c1-10-15(24-14-5-3-2-4-13(14)23-10)16(22)21-12-8-6-11(7-9-12)17(18,19)20/h2-5,10-12,15H,6-9H2,1H3,(H,21,22)/t10-,11?,12?,15+/m0/s1. The second-order valence-electron chi connectivity index (χ2n) is 6.41. The van der Waals surface area contributed by atoms with Crippen molar-refractivity contribution in [1.29, 1.82) is 0 Å². The van der Waals surface area contributed by atoms with Gasteiger partial charge in [-0.15, -0.1) is 0 Å². The highest BCUT2D eigenvalue weighted by Gasteiger charge is 2.42. The minimum absolute atomic E-state index is 0.0505. The third-order valence-corrected chi connectivity index (χ3v) is 4.64. The molecule has 1 aliphatic heterocycles. The zero-order chi connectivity index (χ0) is 17.3. The summed E-state index contributed by atoms with van der Waals surface area (Å²) in [6, 6.07) is 6.83. The molecular formula is C17H20F3NO3. The van der Waals surface area contributed by atoms with Crippen molar-refractivity contribution in [2.45, 2.75) is 57.0 Å². The molecule has 2 aliphatic rings. The van der Waals surface area contributed by atoms with Gasteiger partial charge in [-0.05, 0) is 44.7 Å². The van der Waals surface area contributed by atoms with E-state index in [1.807, 2.05) is 6.07 Å². The number of fused-ring (bicyclic) bond motifs is 1. The maximum absolute atomic E-state index is 12.7. The van der Waals surface area contributed by atoms with Crippen LogP contribution in [0.2, 0.25) is 0 Å². The van der Waals surface area contributed by atoms with Crippen LogP contribution in [0.25, 0.3) is 0 Å². The van der Waals surface area contributed by atoms with Crippen LogP contribution in [0, 0.1) is 5.92 Å². The van der Waals surface area contributed by atoms with Gasteiger partial charge in [0.05, 0.1) is 5.92 Å². The normalized spacial score (nSPS) is 29.8. The molecule has 132 valence electrons. The molecule has 4 nitrogen and oxygen atoms in total. The summed E-state index contributed by atoms with van der Waals surface area (Å²) in [4.78, 5) is 12.4. The molecule has 1 amide bonds. The first kappa shape index (κ1) is 16.9. The van der Waals surface area contributed by atoms with Crippen molar-refractivity contribution in [2.75, 3.05) is 0 Å². The number of hydrogen-bond acceptors (Lipinski definition) is 3. The first-order valence-electron chi connectivity index (χ1n) is 8.14. The van der Waals surface area contributed by atoms with Gasteiger partial charge < -0.3 is 14.8 Å². The Morgan fingerprint density at radius 3 is 2.25 bits per heavy atom. The van der Waals surface area contributed by atoms with Gasteiger partial charge in [-0.2, -0.15) is 13.2 Å². The van der Waals surface area contributed by atoms with E-state index in [-0.39, 0.29) is 24.8 Å². The molecule has 0 bridgehead atoms. The molecule has 1 fully saturated rings. The number of amides is 1. The van der Waals surface area contributed by atoms with E-state index in [1.54, 1.807) is 25.1 Å². The van der Waals surface area contributed by atoms with E-state index >= 15 is 0 Å². The quantitative estimate of drug-likeness (QED) is 0.895. The van der Waals surface area contributed by atoms with Gasteiger partial charge in [-0.1, -0.05) is 12.1 Å². The van der Waals surface area contributed by atoms with Crippen LogP contribution in [-0.2, 0) is 4.79 Å². The Hall–Kier alpha value is -1.92. The summed E-state index contributed by atoms with van der Waals surface area (Å²) in [5, 5.41) is 2.81. The number of carbonyl (C=O) groups is 1. The SMILES string of the molecule is C[C@@H]1Oc2ccccc2O[C@H]1C(=O)NC1CCC(C(F)(F)F)CC1. The first-order chi connectivity index (χ1) is 11.3. The van der Waals surface area contributed by atoms with Gasteiger partial charge >= 0.3 is 6.18 Å². The lowest BCUT2D eigenvalue weighted by molar-refractivity contribution is -0.182. The smallest absolute Gasteiger partial charge is 0.391 e. The number of benzene rings is 1. The predicted molar refractivity (Wildman–Crippen MR) is 80.9 cm³/mol. The maximum Gasteiger partial charge on any atom is 0.391 e. The molecule has 1 saturated carbocycles. The summed E-state index contributed by atoms with van der Waals surface area (Å²) in [7, 11) is 0. The van der Waals surface area contributed by atoms with Crippen LogP contribution in [0.4, 0.5) is 13.2 Å². The third-order valence-electron chi connectivity index (χ3n) is 4.64. The second kappa shape index (κ2) is 6.53. The summed E-state index contributed by atoms with van der Waals surface area (Å²) in [5.41, 5.74) is 0. The van der Waals surface area contributed by atoms with E-state index in [1.165, 1.54) is 0 Å². The average Bonchev–Trinajstić information content (AvgIpc) is 2.53. The molecule has 1 N–H and O–H groups in total. The van der Waals surface area contributed by atoms with Crippen molar-refractivity contribution in [3.05, 3.63) is 24.3 Å². The lowest BCUT2D eigenvalue weighted by Crippen LogP contribution is -2.52. The van der Waals surface area contributed by atoms with Crippen LogP contribution in [0.15, 0.2) is 24.3 Å². The molecule has 7 heteroatoms. The molecule has 24 heavy (non-hydrogen) atoms. The summed E-state index contributed by atoms with van der Waals surface area (Å²) in [6.07, 6.45) is -4.66. The lowest BCUT2D eigenvalue weighted by atomic mass is 9.85. The van der Waals surface area contributed by atoms with Crippen molar-refractivity contribution in [1.82, 2.24) is 5.32 Å². The van der Waals surface area contributed by atoms with E-state index in [9.17, 15) is 18.0 Å². The maximum atomic E-state index is 12.7. The van der Waals surface area contributed by atoms with Crippen LogP contribution in [-0.4, -0.2) is 30.3 Å². The number of ether oxygens (including phenoxy) is 2. The molecule has 3 rings (SSSR count). The summed E-state index contributed by atoms with van der Waals surface area (Å²) < 4.78 is 49.5. The molecule has 0 aromatic heterocycles. The predicted octanol–water partition coefficient (Wildman–Crippen LogP) is 3.45. The van der Waals surface area contributed by atoms with Gasteiger partial charge in [0.2, 0.25) is 6.10 Å². The van der Waals surface area contributed by atoms with Crippen molar-refractivity contribution in [2.24, 2.45) is 5.92 Å². The van der Waals surface area contributed by atoms with Crippen LogP contribution in [0.5, 0.6) is 11.5 Å². The molecule has 1 aromatic rings. The molecule has 0 radical (unpaired) electrons. The number of nitrogens with one attached hydrogen (secondary N) is 1. The van der Waals surface area contributed by atoms with Crippen molar-refractivity contribution in [3.63, 3.8) is 0 Å². The summed E-state index contributed by atoms with van der Waals surface area (Å²) >= 11 is 0. The summed E-state index contributed by atoms with van der Waals surface area (Å²) in [5.74, 6) is -0.519. The van der Waals surface area contributed by atoms with Crippen LogP contribution < -0.4 is 14.8 Å². The van der Waals surface area contributed by atoms with E-state index in [0.717, 1.165) is 0 Å². The summed E-state index contributed by atoms with van der Waals surface area (Å²) in [6.45, 7) is 1.74. The highest BCUT2D eigenvalue weighted by molar-refractivity contribution is 5.82. The number of para-hydroxylation sites is 2. The van der Waals surface area contributed by atoms with E-state index in [4.69, 9.17) is 9.47 Å². The lowest BCUT2D eigenvalue weighted by Gasteiger charge is -2.34. The van der Waals surface area contributed by atoms with E-state index in [2.05, 4.69) is 5.32 Å². The number of rotatable bonds is 2. The second-order valence-corrected chi connectivity index (χ2v) is 6.41. The van der Waals surface area contributed by atoms with E-state index < -0.39 is 24.3 Å². The molecular weight excluding hydrogens is 323 g/mol. The fourth-order valence-electron chi connectivity index (χ4n) is 3.25. The molecule has 2 atom stereocenters. The van der Waals surface area contributed by atoms with Gasteiger partial charge in [0.25, 0.3) is 5.91 Å². The Morgan fingerprint density at radius 2 is 1.67 bits per heavy atom.